The minimum absolute atomic E-state index is 0.0481. The molecule has 17 nitrogen and oxygen atoms in total. The van der Waals surface area contributed by atoms with Gasteiger partial charge in [0.1, 0.15) is 18.1 Å². The highest BCUT2D eigenvalue weighted by Crippen LogP contribution is 2.08. The van der Waals surface area contributed by atoms with Gasteiger partial charge in [-0.1, -0.05) is 44.2 Å². The Morgan fingerprint density at radius 2 is 1.30 bits per heavy atom. The van der Waals surface area contributed by atoms with Crippen LogP contribution in [0.2, 0.25) is 0 Å². The number of rotatable bonds is 21. The minimum Gasteiger partial charge on any atom is -0.480 e. The van der Waals surface area contributed by atoms with Gasteiger partial charge in [-0.3, -0.25) is 30.0 Å². The van der Waals surface area contributed by atoms with Crippen molar-refractivity contribution in [1.82, 2.24) is 31.9 Å². The Hall–Kier alpha value is -4.93. The minimum atomic E-state index is -1.27. The molecule has 0 aliphatic rings. The van der Waals surface area contributed by atoms with Gasteiger partial charge in [0.15, 0.2) is 11.9 Å². The van der Waals surface area contributed by atoms with E-state index in [1.165, 1.54) is 0 Å². The second-order valence-electron chi connectivity index (χ2n) is 11.2. The van der Waals surface area contributed by atoms with Crippen molar-refractivity contribution in [2.45, 2.75) is 76.5 Å². The second-order valence-corrected chi connectivity index (χ2v) is 11.2. The third kappa shape index (κ3) is 16.8. The van der Waals surface area contributed by atoms with E-state index in [2.05, 4.69) is 31.9 Å². The third-order valence-electron chi connectivity index (χ3n) is 6.64. The lowest BCUT2D eigenvalue weighted by atomic mass is 10.0. The lowest BCUT2D eigenvalue weighted by Crippen LogP contribution is -2.57. The first-order valence-corrected chi connectivity index (χ1v) is 15.1. The molecule has 0 aliphatic carbocycles. The summed E-state index contributed by atoms with van der Waals surface area (Å²) in [5.74, 6) is -4.31. The number of hydrogen-bond donors (Lipinski definition) is 12. The van der Waals surface area contributed by atoms with Gasteiger partial charge < -0.3 is 54.2 Å². The van der Waals surface area contributed by atoms with Crippen LogP contribution >= 0.6 is 0 Å². The fourth-order valence-electron chi connectivity index (χ4n) is 4.35. The Morgan fingerprint density at radius 3 is 1.83 bits per heavy atom. The van der Waals surface area contributed by atoms with E-state index in [9.17, 15) is 29.1 Å². The van der Waals surface area contributed by atoms with Gasteiger partial charge in [-0.25, -0.2) is 4.79 Å². The first-order chi connectivity index (χ1) is 21.7. The highest BCUT2D eigenvalue weighted by Gasteiger charge is 2.29. The van der Waals surface area contributed by atoms with Crippen LogP contribution in [0.15, 0.2) is 30.3 Å². The fraction of sp³-hybridized carbons (Fsp3) is 0.552. The van der Waals surface area contributed by atoms with Crippen LogP contribution in [-0.4, -0.2) is 90.4 Å². The maximum atomic E-state index is 13.5. The highest BCUT2D eigenvalue weighted by molar-refractivity contribution is 5.94. The SMILES string of the molecule is CC(C)CC(N)C(=O)NC(Cc1ccccc1)C(=O)NC(CCCNC(=N)N)C(=O)NCC(=O)NC(CCCNC(=N)N)C(=O)O. The van der Waals surface area contributed by atoms with Crippen molar-refractivity contribution in [2.75, 3.05) is 19.6 Å². The lowest BCUT2D eigenvalue weighted by Gasteiger charge is -2.25. The topological polar surface area (TPSA) is 304 Å². The number of carboxylic acids is 1. The predicted molar refractivity (Wildman–Crippen MR) is 172 cm³/mol. The van der Waals surface area contributed by atoms with Crippen molar-refractivity contribution in [3.8, 4) is 0 Å². The molecule has 0 heterocycles. The number of nitrogens with one attached hydrogen (secondary N) is 8. The molecule has 0 aromatic heterocycles. The van der Waals surface area contributed by atoms with Gasteiger partial charge in [0.25, 0.3) is 0 Å². The first-order valence-electron chi connectivity index (χ1n) is 15.1. The highest BCUT2D eigenvalue weighted by atomic mass is 16.4. The number of guanidine groups is 2. The summed E-state index contributed by atoms with van der Waals surface area (Å²) in [7, 11) is 0. The molecule has 4 unspecified atom stereocenters. The first kappa shape index (κ1) is 39.1. The molecule has 46 heavy (non-hydrogen) atoms. The smallest absolute Gasteiger partial charge is 0.326 e. The van der Waals surface area contributed by atoms with Gasteiger partial charge in [0.2, 0.25) is 23.6 Å². The molecule has 0 saturated carbocycles. The quantitative estimate of drug-likeness (QED) is 0.0385. The van der Waals surface area contributed by atoms with E-state index in [0.717, 1.165) is 5.56 Å². The summed E-state index contributed by atoms with van der Waals surface area (Å²) >= 11 is 0. The van der Waals surface area contributed by atoms with E-state index >= 15 is 0 Å². The predicted octanol–water partition coefficient (Wildman–Crippen LogP) is -2.22. The molecule has 0 spiro atoms. The Labute approximate surface area is 268 Å². The standard InChI is InChI=1S/C29H49N11O6/c1-17(2)14-19(30)24(42)40-22(15-18-8-4-3-5-9-18)26(44)39-20(10-6-12-35-28(31)32)25(43)37-16-23(41)38-21(27(45)46)11-7-13-36-29(33)34/h3-5,8-9,17,19-22H,6-7,10-16,30H2,1-2H3,(H,37,43)(H,38,41)(H,39,44)(H,40,42)(H,45,46)(H4,31,32,35)(H4,33,34,36). The van der Waals surface area contributed by atoms with Gasteiger partial charge in [-0.05, 0) is 43.6 Å². The van der Waals surface area contributed by atoms with E-state index in [1.807, 2.05) is 19.9 Å². The summed E-state index contributed by atoms with van der Waals surface area (Å²) in [4.78, 5) is 63.7. The number of carbonyl (C=O) groups is 5. The molecule has 0 aliphatic heterocycles. The van der Waals surface area contributed by atoms with Crippen molar-refractivity contribution in [1.29, 1.82) is 10.8 Å². The molecule has 1 aromatic rings. The average molecular weight is 648 g/mol. The summed E-state index contributed by atoms with van der Waals surface area (Å²) < 4.78 is 0. The van der Waals surface area contributed by atoms with Crippen molar-refractivity contribution in [3.05, 3.63) is 35.9 Å². The third-order valence-corrected chi connectivity index (χ3v) is 6.64. The molecule has 4 amide bonds. The summed E-state index contributed by atoms with van der Waals surface area (Å²) in [5.41, 5.74) is 17.3. The largest absolute Gasteiger partial charge is 0.480 e. The van der Waals surface area contributed by atoms with Crippen LogP contribution in [0.1, 0.15) is 51.5 Å². The van der Waals surface area contributed by atoms with Crippen LogP contribution in [0.25, 0.3) is 0 Å². The van der Waals surface area contributed by atoms with Crippen molar-refractivity contribution in [3.63, 3.8) is 0 Å². The van der Waals surface area contributed by atoms with E-state index in [1.54, 1.807) is 24.3 Å². The zero-order valence-corrected chi connectivity index (χ0v) is 26.4. The van der Waals surface area contributed by atoms with Crippen molar-refractivity contribution >= 4 is 41.5 Å². The zero-order chi connectivity index (χ0) is 34.6. The van der Waals surface area contributed by atoms with E-state index in [-0.39, 0.29) is 50.2 Å². The van der Waals surface area contributed by atoms with Crippen molar-refractivity contribution in [2.24, 2.45) is 23.1 Å². The number of carbonyl (C=O) groups excluding carboxylic acids is 4. The molecule has 256 valence electrons. The number of hydrogen-bond acceptors (Lipinski definition) is 8. The number of aliphatic carboxylic acids is 1. The molecule has 15 N–H and O–H groups in total. The number of amides is 4. The number of benzene rings is 1. The Bertz CT molecular complexity index is 1180. The monoisotopic (exact) mass is 647 g/mol. The maximum absolute atomic E-state index is 13.5. The molecule has 0 bridgehead atoms. The lowest BCUT2D eigenvalue weighted by molar-refractivity contribution is -0.142. The van der Waals surface area contributed by atoms with Gasteiger partial charge in [0, 0.05) is 19.5 Å². The summed E-state index contributed by atoms with van der Waals surface area (Å²) in [5, 5.41) is 39.2. The number of carboxylic acid groups (broad SMARTS) is 1. The van der Waals surface area contributed by atoms with Gasteiger partial charge >= 0.3 is 5.97 Å². The van der Waals surface area contributed by atoms with Crippen LogP contribution in [0.4, 0.5) is 0 Å². The van der Waals surface area contributed by atoms with E-state index < -0.39 is 60.3 Å². The number of nitrogens with two attached hydrogens (primary N) is 3. The van der Waals surface area contributed by atoms with Crippen molar-refractivity contribution < 1.29 is 29.1 Å². The Kier molecular flexibility index (Phi) is 17.8. The van der Waals surface area contributed by atoms with Crippen LogP contribution in [0.5, 0.6) is 0 Å². The normalized spacial score (nSPS) is 13.3. The van der Waals surface area contributed by atoms with E-state index in [4.69, 9.17) is 28.0 Å². The zero-order valence-electron chi connectivity index (χ0n) is 26.4. The van der Waals surface area contributed by atoms with Crippen LogP contribution in [-0.2, 0) is 30.4 Å². The van der Waals surface area contributed by atoms with Crippen LogP contribution in [0.3, 0.4) is 0 Å². The van der Waals surface area contributed by atoms with E-state index in [0.29, 0.717) is 19.3 Å². The molecule has 0 radical (unpaired) electrons. The summed E-state index contributed by atoms with van der Waals surface area (Å²) in [6, 6.07) is 4.66. The molecule has 1 aromatic carbocycles. The molecule has 0 saturated heterocycles. The fourth-order valence-corrected chi connectivity index (χ4v) is 4.35. The molecule has 4 atom stereocenters. The Morgan fingerprint density at radius 1 is 0.761 bits per heavy atom. The van der Waals surface area contributed by atoms with Gasteiger partial charge in [0.05, 0.1) is 12.6 Å². The molecule has 1 rings (SSSR count). The average Bonchev–Trinajstić information content (AvgIpc) is 2.98. The summed E-state index contributed by atoms with van der Waals surface area (Å²) in [6.07, 6.45) is 1.25. The van der Waals surface area contributed by atoms with Crippen LogP contribution in [0, 0.1) is 16.7 Å². The van der Waals surface area contributed by atoms with Gasteiger partial charge in [-0.15, -0.1) is 0 Å². The summed E-state index contributed by atoms with van der Waals surface area (Å²) in [6.45, 7) is 3.73. The molecule has 17 heteroatoms. The molecule has 0 fully saturated rings. The maximum Gasteiger partial charge on any atom is 0.326 e. The van der Waals surface area contributed by atoms with Gasteiger partial charge in [-0.2, -0.15) is 0 Å². The van der Waals surface area contributed by atoms with Crippen LogP contribution < -0.4 is 49.1 Å². The molecular weight excluding hydrogens is 598 g/mol. The Balaban J connectivity index is 2.99. The second kappa shape index (κ2) is 20.9. The molecular formula is C29H49N11O6.